The third kappa shape index (κ3) is 5.78. The smallest absolute Gasteiger partial charge is 0.0611 e. The van der Waals surface area contributed by atoms with Gasteiger partial charge in [0.1, 0.15) is 0 Å². The highest BCUT2D eigenvalue weighted by atomic mass is 16.3. The number of aliphatic hydroxyl groups excluding tert-OH is 1. The molecule has 1 fully saturated rings. The Balaban J connectivity index is 2.41. The molecule has 0 aromatic heterocycles. The number of likely N-dealkylation sites (N-methyl/N-ethyl adjacent to an activating group) is 1. The number of aliphatic hydroxyl groups is 1. The average Bonchev–Trinajstić information content (AvgIpc) is 2.36. The Morgan fingerprint density at radius 3 is 2.63 bits per heavy atom. The lowest BCUT2D eigenvalue weighted by atomic mass is 9.96. The molecule has 19 heavy (non-hydrogen) atoms. The fourth-order valence-electron chi connectivity index (χ4n) is 2.95. The minimum atomic E-state index is -0.154. The molecule has 2 atom stereocenters. The Hall–Kier alpha value is -0.160. The van der Waals surface area contributed by atoms with Crippen LogP contribution in [0.3, 0.4) is 0 Å². The van der Waals surface area contributed by atoms with Gasteiger partial charge in [-0.2, -0.15) is 0 Å². The van der Waals surface area contributed by atoms with Gasteiger partial charge in [-0.1, -0.05) is 13.8 Å². The first kappa shape index (κ1) is 16.9. The van der Waals surface area contributed by atoms with Gasteiger partial charge in [-0.3, -0.25) is 0 Å². The average molecular weight is 271 g/mol. The summed E-state index contributed by atoms with van der Waals surface area (Å²) in [5, 5.41) is 13.1. The molecule has 1 heterocycles. The van der Waals surface area contributed by atoms with E-state index < -0.39 is 0 Å². The highest BCUT2D eigenvalue weighted by Gasteiger charge is 2.27. The molecule has 114 valence electrons. The maximum Gasteiger partial charge on any atom is 0.0611 e. The predicted molar refractivity (Wildman–Crippen MR) is 81.5 cm³/mol. The molecule has 0 amide bonds. The minimum Gasteiger partial charge on any atom is -0.394 e. The van der Waals surface area contributed by atoms with Crippen LogP contribution in [0, 0.1) is 0 Å². The Bertz CT molecular complexity index is 258. The van der Waals surface area contributed by atoms with Crippen LogP contribution in [0.1, 0.15) is 40.0 Å². The van der Waals surface area contributed by atoms with E-state index in [1.807, 2.05) is 0 Å². The fraction of sp³-hybridized carbons (Fsp3) is 1.00. The third-order valence-corrected chi connectivity index (χ3v) is 4.18. The van der Waals surface area contributed by atoms with Crippen LogP contribution >= 0.6 is 0 Å². The summed E-state index contributed by atoms with van der Waals surface area (Å²) in [5.74, 6) is 0. The summed E-state index contributed by atoms with van der Waals surface area (Å²) in [6.07, 6.45) is 3.60. The molecule has 0 radical (unpaired) electrons. The monoisotopic (exact) mass is 271 g/mol. The second kappa shape index (κ2) is 7.58. The number of hydrogen-bond donors (Lipinski definition) is 2. The predicted octanol–water partition coefficient (Wildman–Crippen LogP) is 1.15. The second-order valence-corrected chi connectivity index (χ2v) is 6.83. The van der Waals surface area contributed by atoms with Crippen molar-refractivity contribution >= 4 is 0 Å². The summed E-state index contributed by atoms with van der Waals surface area (Å²) in [7, 11) is 4.35. The second-order valence-electron chi connectivity index (χ2n) is 6.83. The highest BCUT2D eigenvalue weighted by Crippen LogP contribution is 2.17. The fourth-order valence-corrected chi connectivity index (χ4v) is 2.95. The lowest BCUT2D eigenvalue weighted by Crippen LogP contribution is -2.52. The summed E-state index contributed by atoms with van der Waals surface area (Å²) in [4.78, 5) is 4.88. The molecule has 1 saturated heterocycles. The van der Waals surface area contributed by atoms with Gasteiger partial charge in [0.25, 0.3) is 0 Å². The molecule has 2 N–H and O–H groups in total. The van der Waals surface area contributed by atoms with Gasteiger partial charge >= 0.3 is 0 Å². The zero-order chi connectivity index (χ0) is 14.5. The van der Waals surface area contributed by atoms with Crippen LogP contribution in [0.25, 0.3) is 0 Å². The van der Waals surface area contributed by atoms with Crippen molar-refractivity contribution in [3.8, 4) is 0 Å². The van der Waals surface area contributed by atoms with Crippen molar-refractivity contribution in [2.75, 3.05) is 40.3 Å². The van der Waals surface area contributed by atoms with Crippen molar-refractivity contribution in [2.24, 2.45) is 0 Å². The van der Waals surface area contributed by atoms with Crippen molar-refractivity contribution < 1.29 is 5.11 Å². The van der Waals surface area contributed by atoms with Gasteiger partial charge in [0.05, 0.1) is 6.61 Å². The van der Waals surface area contributed by atoms with E-state index in [0.29, 0.717) is 12.1 Å². The molecule has 0 aromatic rings. The molecule has 2 unspecified atom stereocenters. The van der Waals surface area contributed by atoms with Gasteiger partial charge < -0.3 is 20.2 Å². The van der Waals surface area contributed by atoms with Gasteiger partial charge in [0, 0.05) is 30.7 Å². The lowest BCUT2D eigenvalue weighted by molar-refractivity contribution is 0.103. The molecule has 4 nitrogen and oxygen atoms in total. The molecular formula is C15H33N3O. The van der Waals surface area contributed by atoms with Gasteiger partial charge in [0.2, 0.25) is 0 Å². The number of hydrogen-bond acceptors (Lipinski definition) is 4. The van der Waals surface area contributed by atoms with E-state index in [9.17, 15) is 5.11 Å². The van der Waals surface area contributed by atoms with Crippen LogP contribution in [-0.2, 0) is 0 Å². The molecule has 0 aromatic carbocycles. The van der Waals surface area contributed by atoms with Gasteiger partial charge in [0.15, 0.2) is 0 Å². The summed E-state index contributed by atoms with van der Waals surface area (Å²) in [5.41, 5.74) is -0.154. The summed E-state index contributed by atoms with van der Waals surface area (Å²) in [6, 6.07) is 1.10. The topological polar surface area (TPSA) is 38.7 Å². The van der Waals surface area contributed by atoms with Crippen molar-refractivity contribution in [1.29, 1.82) is 0 Å². The number of likely N-dealkylation sites (tertiary alicyclic amines) is 1. The summed E-state index contributed by atoms with van der Waals surface area (Å²) >= 11 is 0. The zero-order valence-corrected chi connectivity index (χ0v) is 13.4. The van der Waals surface area contributed by atoms with E-state index in [2.05, 4.69) is 50.0 Å². The minimum absolute atomic E-state index is 0.154. The maximum absolute atomic E-state index is 9.61. The van der Waals surface area contributed by atoms with E-state index in [1.54, 1.807) is 0 Å². The van der Waals surface area contributed by atoms with Crippen molar-refractivity contribution in [3.63, 3.8) is 0 Å². The van der Waals surface area contributed by atoms with E-state index in [-0.39, 0.29) is 12.1 Å². The van der Waals surface area contributed by atoms with Gasteiger partial charge in [-0.15, -0.1) is 0 Å². The highest BCUT2D eigenvalue weighted by molar-refractivity contribution is 4.86. The molecule has 0 aliphatic carbocycles. The van der Waals surface area contributed by atoms with Crippen molar-refractivity contribution in [1.82, 2.24) is 15.1 Å². The molecule has 1 aliphatic rings. The number of piperidine rings is 1. The maximum atomic E-state index is 9.61. The zero-order valence-electron chi connectivity index (χ0n) is 13.4. The molecule has 1 rings (SSSR count). The standard InChI is InChI=1S/C15H33N3O/c1-13(2)16-15(3,12-19)8-10-18-9-6-7-14(11-18)17(4)5/h13-14,16,19H,6-12H2,1-5H3. The third-order valence-electron chi connectivity index (χ3n) is 4.18. The van der Waals surface area contributed by atoms with E-state index in [4.69, 9.17) is 0 Å². The SMILES string of the molecule is CC(C)NC(C)(CO)CCN1CCCC(N(C)C)C1. The largest absolute Gasteiger partial charge is 0.394 e. The molecule has 0 bridgehead atoms. The van der Waals surface area contributed by atoms with E-state index >= 15 is 0 Å². The first-order chi connectivity index (χ1) is 8.86. The Labute approximate surface area is 119 Å². The van der Waals surface area contributed by atoms with E-state index in [0.717, 1.165) is 19.5 Å². The quantitative estimate of drug-likeness (QED) is 0.729. The van der Waals surface area contributed by atoms with Crippen LogP contribution in [0.4, 0.5) is 0 Å². The molecule has 1 aliphatic heterocycles. The molecule has 0 spiro atoms. The normalized spacial score (nSPS) is 24.9. The van der Waals surface area contributed by atoms with Crippen LogP contribution in [0.2, 0.25) is 0 Å². The molecular weight excluding hydrogens is 238 g/mol. The number of rotatable bonds is 7. The lowest BCUT2D eigenvalue weighted by Gasteiger charge is -2.38. The van der Waals surface area contributed by atoms with Crippen LogP contribution in [0.15, 0.2) is 0 Å². The molecule has 4 heteroatoms. The van der Waals surface area contributed by atoms with E-state index in [1.165, 1.54) is 19.4 Å². The Morgan fingerprint density at radius 1 is 1.42 bits per heavy atom. The first-order valence-corrected chi connectivity index (χ1v) is 7.63. The number of nitrogens with zero attached hydrogens (tertiary/aromatic N) is 2. The van der Waals surface area contributed by atoms with Gasteiger partial charge in [-0.05, 0) is 46.8 Å². The molecule has 0 saturated carbocycles. The van der Waals surface area contributed by atoms with Crippen molar-refractivity contribution in [2.45, 2.75) is 57.7 Å². The Morgan fingerprint density at radius 2 is 2.11 bits per heavy atom. The van der Waals surface area contributed by atoms with Crippen molar-refractivity contribution in [3.05, 3.63) is 0 Å². The number of nitrogens with one attached hydrogen (secondary N) is 1. The summed E-state index contributed by atoms with van der Waals surface area (Å²) in [6.45, 7) is 10.0. The summed E-state index contributed by atoms with van der Waals surface area (Å²) < 4.78 is 0. The first-order valence-electron chi connectivity index (χ1n) is 7.63. The van der Waals surface area contributed by atoms with Crippen LogP contribution in [-0.4, -0.2) is 72.9 Å². The Kier molecular flexibility index (Phi) is 6.74. The van der Waals surface area contributed by atoms with Gasteiger partial charge in [-0.25, -0.2) is 0 Å². The van der Waals surface area contributed by atoms with Crippen LogP contribution < -0.4 is 5.32 Å². The van der Waals surface area contributed by atoms with Crippen LogP contribution in [0.5, 0.6) is 0 Å².